The highest BCUT2D eigenvalue weighted by atomic mass is 127. The molecule has 2 aromatic rings. The van der Waals surface area contributed by atoms with Crippen molar-refractivity contribution >= 4 is 45.4 Å². The number of aromatic amines is 1. The summed E-state index contributed by atoms with van der Waals surface area (Å²) in [6, 6.07) is 1.82. The van der Waals surface area contributed by atoms with E-state index >= 15 is 0 Å². The molecule has 1 fully saturated rings. The Bertz CT molecular complexity index is 645. The largest absolute Gasteiger partial charge is 0.456 e. The average molecular weight is 442 g/mol. The molecule has 10 heteroatoms. The second-order valence-corrected chi connectivity index (χ2v) is 6.29. The van der Waals surface area contributed by atoms with Crippen LogP contribution in [0.5, 0.6) is 6.01 Å². The zero-order valence-corrected chi connectivity index (χ0v) is 14.0. The fourth-order valence-electron chi connectivity index (χ4n) is 2.19. The zero-order valence-electron chi connectivity index (χ0n) is 11.1. The highest BCUT2D eigenvalue weighted by molar-refractivity contribution is 14.1. The predicted molar refractivity (Wildman–Crippen MR) is 84.9 cm³/mol. The minimum atomic E-state index is -1.23. The second-order valence-electron chi connectivity index (χ2n) is 4.87. The summed E-state index contributed by atoms with van der Waals surface area (Å²) in [4.78, 5) is 11.3. The number of hydrogen-bond acceptors (Lipinski definition) is 7. The summed E-state index contributed by atoms with van der Waals surface area (Å²) >= 11 is 7.98. The van der Waals surface area contributed by atoms with Crippen LogP contribution < -0.4 is 4.74 Å². The van der Waals surface area contributed by atoms with Gasteiger partial charge in [0.2, 0.25) is 0 Å². The maximum Gasteiger partial charge on any atom is 0.296 e. The van der Waals surface area contributed by atoms with Gasteiger partial charge in [0.25, 0.3) is 6.01 Å². The number of aliphatic hydroxyl groups is 3. The van der Waals surface area contributed by atoms with Gasteiger partial charge in [-0.25, -0.2) is 4.98 Å². The van der Waals surface area contributed by atoms with E-state index in [-0.39, 0.29) is 19.2 Å². The minimum absolute atomic E-state index is 0.0201. The van der Waals surface area contributed by atoms with E-state index in [1.165, 1.54) is 0 Å². The third-order valence-corrected chi connectivity index (χ3v) is 4.82. The molecule has 0 amide bonds. The quantitative estimate of drug-likeness (QED) is 0.393. The number of ether oxygens (including phenoxy) is 2. The Morgan fingerprint density at radius 1 is 1.41 bits per heavy atom. The van der Waals surface area contributed by atoms with Gasteiger partial charge >= 0.3 is 0 Å². The Kier molecular flexibility index (Phi) is 4.71. The number of nitrogens with one attached hydrogen (secondary N) is 1. The number of H-pyrrole nitrogens is 1. The van der Waals surface area contributed by atoms with E-state index in [9.17, 15) is 10.2 Å². The van der Waals surface area contributed by atoms with E-state index in [1.807, 2.05) is 22.6 Å². The summed E-state index contributed by atoms with van der Waals surface area (Å²) in [5.41, 5.74) is 1.03. The molecule has 0 aromatic carbocycles. The molecule has 8 nitrogen and oxygen atoms in total. The van der Waals surface area contributed by atoms with Crippen LogP contribution in [0.3, 0.4) is 0 Å². The summed E-state index contributed by atoms with van der Waals surface area (Å²) in [5, 5.41) is 29.4. The number of nitrogens with zero attached hydrogens (tertiary/aromatic N) is 2. The summed E-state index contributed by atoms with van der Waals surface area (Å²) < 4.78 is 11.4. The van der Waals surface area contributed by atoms with Gasteiger partial charge in [0.15, 0.2) is 11.8 Å². The highest BCUT2D eigenvalue weighted by Crippen LogP contribution is 2.24. The zero-order chi connectivity index (χ0) is 15.9. The molecule has 0 radical (unpaired) electrons. The number of halogens is 2. The first kappa shape index (κ1) is 16.1. The molecule has 120 valence electrons. The van der Waals surface area contributed by atoms with Crippen molar-refractivity contribution in [2.75, 3.05) is 13.2 Å². The van der Waals surface area contributed by atoms with E-state index < -0.39 is 24.4 Å². The molecule has 1 saturated heterocycles. The molecule has 0 saturated carbocycles. The molecule has 22 heavy (non-hydrogen) atoms. The van der Waals surface area contributed by atoms with Crippen LogP contribution in [0.25, 0.3) is 11.2 Å². The van der Waals surface area contributed by atoms with Crippen molar-refractivity contribution in [1.29, 1.82) is 0 Å². The Labute approximate surface area is 143 Å². The fraction of sp³-hybridized carbons (Fsp3) is 0.500. The lowest BCUT2D eigenvalue weighted by Gasteiger charge is -2.36. The lowest BCUT2D eigenvalue weighted by Crippen LogP contribution is -2.56. The van der Waals surface area contributed by atoms with Crippen LogP contribution in [0.4, 0.5) is 0 Å². The monoisotopic (exact) mass is 441 g/mol. The number of imidazole rings is 1. The van der Waals surface area contributed by atoms with Gasteiger partial charge in [-0.3, -0.25) is 0 Å². The van der Waals surface area contributed by atoms with Crippen molar-refractivity contribution in [3.8, 4) is 6.01 Å². The molecule has 0 spiro atoms. The van der Waals surface area contributed by atoms with E-state index in [0.717, 1.165) is 0 Å². The number of rotatable bonds is 3. The predicted octanol–water partition coefficient (Wildman–Crippen LogP) is 0.0762. The van der Waals surface area contributed by atoms with Crippen molar-refractivity contribution in [3.05, 3.63) is 14.8 Å². The van der Waals surface area contributed by atoms with Gasteiger partial charge in [-0.1, -0.05) is 11.6 Å². The van der Waals surface area contributed by atoms with E-state index in [1.54, 1.807) is 6.07 Å². The Morgan fingerprint density at radius 2 is 2.18 bits per heavy atom. The van der Waals surface area contributed by atoms with Gasteiger partial charge in [0.1, 0.15) is 22.0 Å². The van der Waals surface area contributed by atoms with Gasteiger partial charge in [0.05, 0.1) is 23.8 Å². The number of hydrogen-bond donors (Lipinski definition) is 4. The third kappa shape index (κ3) is 3.01. The van der Waals surface area contributed by atoms with Gasteiger partial charge < -0.3 is 29.8 Å². The van der Waals surface area contributed by atoms with Crippen molar-refractivity contribution in [2.45, 2.75) is 24.4 Å². The van der Waals surface area contributed by atoms with Gasteiger partial charge in [-0.2, -0.15) is 4.98 Å². The first-order valence-electron chi connectivity index (χ1n) is 6.46. The van der Waals surface area contributed by atoms with E-state index in [0.29, 0.717) is 19.9 Å². The summed E-state index contributed by atoms with van der Waals surface area (Å²) in [5.74, 6) is 0. The molecule has 0 bridgehead atoms. The molecule has 0 aliphatic carbocycles. The number of pyridine rings is 1. The third-order valence-electron chi connectivity index (χ3n) is 3.39. The standard InChI is InChI=1S/C12H13ClIN3O5/c13-4-1-5-11(16-10(4)14)17-12(15-5)22-7-3-21-6(2-18)8(19)9(7)20/h1,6-9,18-20H,2-3H2,(H,15,16,17)/t6-,7?,8?,9?/m0/s1. The van der Waals surface area contributed by atoms with Crippen LogP contribution >= 0.6 is 34.2 Å². The van der Waals surface area contributed by atoms with Crippen LogP contribution in [0.2, 0.25) is 5.02 Å². The van der Waals surface area contributed by atoms with E-state index in [2.05, 4.69) is 15.0 Å². The second kappa shape index (κ2) is 6.42. The normalized spacial score (nSPS) is 29.0. The molecule has 2 aromatic heterocycles. The minimum Gasteiger partial charge on any atom is -0.456 e. The van der Waals surface area contributed by atoms with Crippen molar-refractivity contribution in [1.82, 2.24) is 15.0 Å². The first-order valence-corrected chi connectivity index (χ1v) is 7.92. The molecule has 1 aliphatic heterocycles. The van der Waals surface area contributed by atoms with Gasteiger partial charge in [-0.05, 0) is 28.7 Å². The highest BCUT2D eigenvalue weighted by Gasteiger charge is 2.39. The molecular weight excluding hydrogens is 429 g/mol. The van der Waals surface area contributed by atoms with Crippen LogP contribution in [-0.4, -0.2) is 67.9 Å². The fourth-order valence-corrected chi connectivity index (χ4v) is 2.73. The summed E-state index contributed by atoms with van der Waals surface area (Å²) in [6.07, 6.45) is -4.07. The Balaban J connectivity index is 1.78. The maximum absolute atomic E-state index is 10.0. The van der Waals surface area contributed by atoms with Crippen molar-refractivity contribution in [3.63, 3.8) is 0 Å². The molecule has 3 rings (SSSR count). The smallest absolute Gasteiger partial charge is 0.296 e. The molecular formula is C12H13ClIN3O5. The number of aliphatic hydroxyl groups excluding tert-OH is 3. The number of fused-ring (bicyclic) bond motifs is 1. The Hall–Kier alpha value is -0.720. The lowest BCUT2D eigenvalue weighted by molar-refractivity contribution is -0.189. The maximum atomic E-state index is 10.0. The van der Waals surface area contributed by atoms with Gasteiger partial charge in [-0.15, -0.1) is 0 Å². The number of aromatic nitrogens is 3. The van der Waals surface area contributed by atoms with Crippen LogP contribution in [0.15, 0.2) is 6.07 Å². The lowest BCUT2D eigenvalue weighted by atomic mass is 10.0. The topological polar surface area (TPSA) is 121 Å². The summed E-state index contributed by atoms with van der Waals surface area (Å²) in [6.45, 7) is -0.358. The SMILES string of the molecule is OC[C@@H]1OCC(Oc2nc3nc(I)c(Cl)cc3[nH]2)C(O)C1O. The average Bonchev–Trinajstić information content (AvgIpc) is 2.86. The van der Waals surface area contributed by atoms with Crippen LogP contribution in [0, 0.1) is 3.70 Å². The Morgan fingerprint density at radius 3 is 2.91 bits per heavy atom. The van der Waals surface area contributed by atoms with Crippen molar-refractivity contribution < 1.29 is 24.8 Å². The molecule has 4 N–H and O–H groups in total. The molecule has 3 heterocycles. The molecule has 1 aliphatic rings. The van der Waals surface area contributed by atoms with Gasteiger partial charge in [0, 0.05) is 0 Å². The molecule has 4 atom stereocenters. The summed E-state index contributed by atoms with van der Waals surface area (Å²) in [7, 11) is 0. The van der Waals surface area contributed by atoms with E-state index in [4.69, 9.17) is 26.2 Å². The molecule has 3 unspecified atom stereocenters. The first-order chi connectivity index (χ1) is 10.5. The van der Waals surface area contributed by atoms with Crippen molar-refractivity contribution in [2.24, 2.45) is 0 Å². The van der Waals surface area contributed by atoms with Crippen LogP contribution in [-0.2, 0) is 4.74 Å². The van der Waals surface area contributed by atoms with Crippen LogP contribution in [0.1, 0.15) is 0 Å².